The van der Waals surface area contributed by atoms with Gasteiger partial charge in [-0.2, -0.15) is 0 Å². The second kappa shape index (κ2) is 4.76. The van der Waals surface area contributed by atoms with E-state index in [9.17, 15) is 0 Å². The van der Waals surface area contributed by atoms with Crippen LogP contribution in [0.2, 0.25) is 0 Å². The highest BCUT2D eigenvalue weighted by atomic mass is 16.6. The van der Waals surface area contributed by atoms with Crippen LogP contribution in [0, 0.1) is 0 Å². The molecule has 14 heavy (non-hydrogen) atoms. The van der Waals surface area contributed by atoms with E-state index in [1.165, 1.54) is 12.8 Å². The number of fused-ring (bicyclic) bond motifs is 1. The molecule has 0 aliphatic carbocycles. The van der Waals surface area contributed by atoms with E-state index in [0.717, 1.165) is 13.0 Å². The van der Waals surface area contributed by atoms with Gasteiger partial charge in [0.1, 0.15) is 0 Å². The third-order valence-corrected chi connectivity index (χ3v) is 2.94. The molecule has 0 radical (unpaired) electrons. The number of ether oxygens (including phenoxy) is 1. The van der Waals surface area contributed by atoms with Gasteiger partial charge < -0.3 is 10.1 Å². The van der Waals surface area contributed by atoms with Crippen LogP contribution in [0.1, 0.15) is 26.2 Å². The fourth-order valence-electron chi connectivity index (χ4n) is 2.10. The van der Waals surface area contributed by atoms with E-state index in [4.69, 9.17) is 4.74 Å². The average Bonchev–Trinajstić information content (AvgIpc) is 2.97. The SMILES string of the molecule is CC=CC=CCCC1NCCC2OC12. The Bertz CT molecular complexity index is 234. The Morgan fingerprint density at radius 1 is 1.43 bits per heavy atom. The van der Waals surface area contributed by atoms with Crippen molar-refractivity contribution in [3.05, 3.63) is 24.3 Å². The van der Waals surface area contributed by atoms with Crippen molar-refractivity contribution in [3.63, 3.8) is 0 Å². The van der Waals surface area contributed by atoms with E-state index in [0.29, 0.717) is 18.2 Å². The highest BCUT2D eigenvalue weighted by Crippen LogP contribution is 2.32. The minimum absolute atomic E-state index is 0.527. The molecule has 0 aromatic rings. The van der Waals surface area contributed by atoms with Gasteiger partial charge in [0.05, 0.1) is 12.2 Å². The summed E-state index contributed by atoms with van der Waals surface area (Å²) in [6, 6.07) is 0.601. The molecule has 3 unspecified atom stereocenters. The van der Waals surface area contributed by atoms with Gasteiger partial charge in [0.2, 0.25) is 0 Å². The smallest absolute Gasteiger partial charge is 0.0994 e. The van der Waals surface area contributed by atoms with Crippen LogP contribution >= 0.6 is 0 Å². The second-order valence-corrected chi connectivity index (χ2v) is 4.02. The molecule has 2 rings (SSSR count). The topological polar surface area (TPSA) is 24.6 Å². The number of nitrogens with one attached hydrogen (secondary N) is 1. The van der Waals surface area contributed by atoms with Gasteiger partial charge in [-0.05, 0) is 32.7 Å². The lowest BCUT2D eigenvalue weighted by atomic mass is 10.0. The maximum absolute atomic E-state index is 5.57. The number of hydrogen-bond acceptors (Lipinski definition) is 2. The molecule has 0 aromatic carbocycles. The minimum atomic E-state index is 0.527. The van der Waals surface area contributed by atoms with Crippen molar-refractivity contribution in [2.45, 2.75) is 44.4 Å². The highest BCUT2D eigenvalue weighted by Gasteiger charge is 2.46. The van der Waals surface area contributed by atoms with Gasteiger partial charge in [0.15, 0.2) is 0 Å². The first-order chi connectivity index (χ1) is 6.92. The first-order valence-electron chi connectivity index (χ1n) is 5.58. The first kappa shape index (κ1) is 9.94. The maximum atomic E-state index is 5.57. The number of epoxide rings is 1. The summed E-state index contributed by atoms with van der Waals surface area (Å²) < 4.78 is 5.57. The Kier molecular flexibility index (Phi) is 3.38. The third-order valence-electron chi connectivity index (χ3n) is 2.94. The van der Waals surface area contributed by atoms with Crippen molar-refractivity contribution in [3.8, 4) is 0 Å². The van der Waals surface area contributed by atoms with Gasteiger partial charge in [-0.15, -0.1) is 0 Å². The molecule has 1 N–H and O–H groups in total. The van der Waals surface area contributed by atoms with Crippen LogP contribution in [-0.2, 0) is 4.74 Å². The minimum Gasteiger partial charge on any atom is -0.368 e. The molecule has 3 atom stereocenters. The second-order valence-electron chi connectivity index (χ2n) is 4.02. The zero-order valence-corrected chi connectivity index (χ0v) is 8.78. The van der Waals surface area contributed by atoms with Crippen LogP contribution in [-0.4, -0.2) is 24.8 Å². The first-order valence-corrected chi connectivity index (χ1v) is 5.58. The maximum Gasteiger partial charge on any atom is 0.0994 e. The predicted molar refractivity (Wildman–Crippen MR) is 58.3 cm³/mol. The van der Waals surface area contributed by atoms with E-state index in [1.807, 2.05) is 6.92 Å². The molecule has 2 heterocycles. The van der Waals surface area contributed by atoms with Crippen LogP contribution in [0.4, 0.5) is 0 Å². The number of allylic oxidation sites excluding steroid dienone is 4. The summed E-state index contributed by atoms with van der Waals surface area (Å²) in [5.74, 6) is 0. The molecule has 0 amide bonds. The number of piperidine rings is 1. The monoisotopic (exact) mass is 193 g/mol. The molecular weight excluding hydrogens is 174 g/mol. The van der Waals surface area contributed by atoms with Crippen molar-refractivity contribution in [2.75, 3.05) is 6.54 Å². The summed E-state index contributed by atoms with van der Waals surface area (Å²) in [5, 5.41) is 3.52. The number of hydrogen-bond donors (Lipinski definition) is 1. The molecule has 2 aliphatic rings. The summed E-state index contributed by atoms with van der Waals surface area (Å²) in [4.78, 5) is 0. The van der Waals surface area contributed by atoms with E-state index >= 15 is 0 Å². The van der Waals surface area contributed by atoms with E-state index in [1.54, 1.807) is 0 Å². The van der Waals surface area contributed by atoms with Gasteiger partial charge in [-0.3, -0.25) is 0 Å². The summed E-state index contributed by atoms with van der Waals surface area (Å²) >= 11 is 0. The standard InChI is InChI=1S/C12H19NO/c1-2-3-4-5-6-7-10-12-11(14-12)8-9-13-10/h2-5,10-13H,6-9H2,1H3. The molecular formula is C12H19NO. The van der Waals surface area contributed by atoms with Crippen molar-refractivity contribution < 1.29 is 4.74 Å². The van der Waals surface area contributed by atoms with Gasteiger partial charge in [-0.25, -0.2) is 0 Å². The van der Waals surface area contributed by atoms with Gasteiger partial charge >= 0.3 is 0 Å². The Morgan fingerprint density at radius 2 is 2.36 bits per heavy atom. The summed E-state index contributed by atoms with van der Waals surface area (Å²) in [6.45, 7) is 3.17. The van der Waals surface area contributed by atoms with Gasteiger partial charge in [0.25, 0.3) is 0 Å². The lowest BCUT2D eigenvalue weighted by Gasteiger charge is -2.19. The average molecular weight is 193 g/mol. The molecule has 0 aromatic heterocycles. The molecule has 2 saturated heterocycles. The zero-order valence-electron chi connectivity index (χ0n) is 8.78. The fraction of sp³-hybridized carbons (Fsp3) is 0.667. The van der Waals surface area contributed by atoms with Crippen molar-refractivity contribution in [1.29, 1.82) is 0 Å². The lowest BCUT2D eigenvalue weighted by molar-refractivity contribution is 0.340. The van der Waals surface area contributed by atoms with Crippen molar-refractivity contribution in [1.82, 2.24) is 5.32 Å². The van der Waals surface area contributed by atoms with E-state index in [2.05, 4.69) is 29.6 Å². The molecule has 78 valence electrons. The van der Waals surface area contributed by atoms with Crippen molar-refractivity contribution in [2.24, 2.45) is 0 Å². The zero-order chi connectivity index (χ0) is 9.80. The predicted octanol–water partition coefficient (Wildman–Crippen LogP) is 2.03. The van der Waals surface area contributed by atoms with E-state index in [-0.39, 0.29) is 0 Å². The quantitative estimate of drug-likeness (QED) is 0.546. The van der Waals surface area contributed by atoms with Crippen LogP contribution in [0.3, 0.4) is 0 Å². The molecule has 2 aliphatic heterocycles. The van der Waals surface area contributed by atoms with Gasteiger partial charge in [0, 0.05) is 6.04 Å². The molecule has 0 saturated carbocycles. The van der Waals surface area contributed by atoms with Crippen LogP contribution < -0.4 is 5.32 Å². The molecule has 2 heteroatoms. The van der Waals surface area contributed by atoms with Crippen LogP contribution in [0.5, 0.6) is 0 Å². The summed E-state index contributed by atoms with van der Waals surface area (Å²) in [7, 11) is 0. The Morgan fingerprint density at radius 3 is 3.21 bits per heavy atom. The van der Waals surface area contributed by atoms with Crippen molar-refractivity contribution >= 4 is 0 Å². The molecule has 0 bridgehead atoms. The Hall–Kier alpha value is -0.600. The third kappa shape index (κ3) is 2.46. The van der Waals surface area contributed by atoms with Crippen LogP contribution in [0.25, 0.3) is 0 Å². The largest absolute Gasteiger partial charge is 0.368 e. The van der Waals surface area contributed by atoms with Crippen LogP contribution in [0.15, 0.2) is 24.3 Å². The molecule has 0 spiro atoms. The summed E-state index contributed by atoms with van der Waals surface area (Å²) in [5.41, 5.74) is 0. The summed E-state index contributed by atoms with van der Waals surface area (Å²) in [6.07, 6.45) is 13.1. The normalized spacial score (nSPS) is 36.5. The lowest BCUT2D eigenvalue weighted by Crippen LogP contribution is -2.39. The fourth-order valence-corrected chi connectivity index (χ4v) is 2.10. The van der Waals surface area contributed by atoms with E-state index < -0.39 is 0 Å². The molecule has 2 nitrogen and oxygen atoms in total. The number of rotatable bonds is 4. The highest BCUT2D eigenvalue weighted by molar-refractivity contribution is 5.03. The molecule has 2 fully saturated rings. The Labute approximate surface area is 86.0 Å². The van der Waals surface area contributed by atoms with Gasteiger partial charge in [-0.1, -0.05) is 24.3 Å². The Balaban J connectivity index is 1.65.